The number of aliphatic hydroxyl groups is 1. The molecule has 0 amide bonds. The Kier molecular flexibility index (Phi) is 3.69. The third kappa shape index (κ3) is 2.68. The number of aromatic nitrogens is 1. The van der Waals surface area contributed by atoms with E-state index in [1.165, 1.54) is 0 Å². The first-order valence-electron chi connectivity index (χ1n) is 5.19. The van der Waals surface area contributed by atoms with Gasteiger partial charge in [0, 0.05) is 18.0 Å². The smallest absolute Gasteiger partial charge is 0.256 e. The number of nitrogen functional groups attached to an aromatic ring is 1. The van der Waals surface area contributed by atoms with Crippen molar-refractivity contribution in [2.75, 3.05) is 18.1 Å². The predicted molar refractivity (Wildman–Crippen MR) is 65.5 cm³/mol. The summed E-state index contributed by atoms with van der Waals surface area (Å²) in [6.07, 6.45) is 1.78. The molecular formula is C11H14N2O2S. The average Bonchev–Trinajstić information content (AvgIpc) is 2.66. The molecular weight excluding hydrogens is 224 g/mol. The van der Waals surface area contributed by atoms with Crippen LogP contribution < -0.4 is 5.73 Å². The minimum absolute atomic E-state index is 0.241. The van der Waals surface area contributed by atoms with Gasteiger partial charge in [-0.1, -0.05) is 11.8 Å². The molecule has 3 N–H and O–H groups in total. The third-order valence-corrected chi connectivity index (χ3v) is 3.08. The van der Waals surface area contributed by atoms with Crippen molar-refractivity contribution in [3.05, 3.63) is 18.2 Å². The maximum Gasteiger partial charge on any atom is 0.256 e. The van der Waals surface area contributed by atoms with Crippen LogP contribution in [0.5, 0.6) is 0 Å². The fraction of sp³-hybridized carbons (Fsp3) is 0.364. The van der Waals surface area contributed by atoms with E-state index in [4.69, 9.17) is 15.3 Å². The van der Waals surface area contributed by atoms with Gasteiger partial charge in [-0.2, -0.15) is 0 Å². The Labute approximate surface area is 97.8 Å². The van der Waals surface area contributed by atoms with Gasteiger partial charge in [0.1, 0.15) is 5.52 Å². The van der Waals surface area contributed by atoms with Gasteiger partial charge < -0.3 is 15.3 Å². The number of hydrogen-bond acceptors (Lipinski definition) is 5. The first kappa shape index (κ1) is 11.3. The number of unbranched alkanes of at least 4 members (excludes halogenated alkanes) is 1. The molecule has 0 saturated heterocycles. The molecule has 86 valence electrons. The highest BCUT2D eigenvalue weighted by Gasteiger charge is 2.05. The summed E-state index contributed by atoms with van der Waals surface area (Å²) < 4.78 is 5.54. The van der Waals surface area contributed by atoms with Crippen molar-refractivity contribution in [1.29, 1.82) is 0 Å². The predicted octanol–water partition coefficient (Wildman–Crippen LogP) is 2.27. The summed E-state index contributed by atoms with van der Waals surface area (Å²) >= 11 is 1.56. The Morgan fingerprint density at radius 3 is 3.06 bits per heavy atom. The Morgan fingerprint density at radius 1 is 1.38 bits per heavy atom. The first-order chi connectivity index (χ1) is 7.79. The van der Waals surface area contributed by atoms with E-state index in [-0.39, 0.29) is 6.61 Å². The number of hydrogen-bond donors (Lipinski definition) is 2. The maximum absolute atomic E-state index is 8.65. The number of nitrogens with zero attached hydrogens (tertiary/aromatic N) is 1. The number of anilines is 1. The van der Waals surface area contributed by atoms with E-state index < -0.39 is 0 Å². The van der Waals surface area contributed by atoms with Gasteiger partial charge in [-0.15, -0.1) is 0 Å². The number of benzene rings is 1. The van der Waals surface area contributed by atoms with E-state index in [2.05, 4.69) is 4.98 Å². The summed E-state index contributed by atoms with van der Waals surface area (Å²) in [5.74, 6) is 0.906. The fourth-order valence-corrected chi connectivity index (χ4v) is 2.19. The lowest BCUT2D eigenvalue weighted by atomic mass is 10.3. The van der Waals surface area contributed by atoms with Gasteiger partial charge >= 0.3 is 0 Å². The molecule has 0 spiro atoms. The molecule has 2 rings (SSSR count). The van der Waals surface area contributed by atoms with Gasteiger partial charge in [-0.3, -0.25) is 0 Å². The molecule has 4 nitrogen and oxygen atoms in total. The highest BCUT2D eigenvalue weighted by Crippen LogP contribution is 2.25. The van der Waals surface area contributed by atoms with Gasteiger partial charge in [0.15, 0.2) is 5.58 Å². The zero-order valence-electron chi connectivity index (χ0n) is 8.85. The van der Waals surface area contributed by atoms with Crippen LogP contribution in [-0.4, -0.2) is 22.5 Å². The summed E-state index contributed by atoms with van der Waals surface area (Å²) in [4.78, 5) is 4.32. The standard InChI is InChI=1S/C11H14N2O2S/c12-8-3-4-10-9(7-8)13-11(15-10)16-6-2-1-5-14/h3-4,7,14H,1-2,5-6,12H2. The van der Waals surface area contributed by atoms with Crippen LogP contribution in [0, 0.1) is 0 Å². The molecule has 0 aliphatic carbocycles. The zero-order chi connectivity index (χ0) is 11.4. The number of oxazole rings is 1. The van der Waals surface area contributed by atoms with Crippen LogP contribution in [0.4, 0.5) is 5.69 Å². The lowest BCUT2D eigenvalue weighted by Crippen LogP contribution is -1.85. The molecule has 0 bridgehead atoms. The molecule has 0 fully saturated rings. The van der Waals surface area contributed by atoms with E-state index in [1.54, 1.807) is 23.9 Å². The second kappa shape index (κ2) is 5.23. The lowest BCUT2D eigenvalue weighted by molar-refractivity contribution is 0.287. The van der Waals surface area contributed by atoms with Crippen LogP contribution in [-0.2, 0) is 0 Å². The number of aliphatic hydroxyl groups excluding tert-OH is 1. The maximum atomic E-state index is 8.65. The van der Waals surface area contributed by atoms with E-state index in [0.717, 1.165) is 29.7 Å². The molecule has 2 aromatic rings. The van der Waals surface area contributed by atoms with Crippen molar-refractivity contribution in [2.24, 2.45) is 0 Å². The highest BCUT2D eigenvalue weighted by atomic mass is 32.2. The molecule has 5 heteroatoms. The van der Waals surface area contributed by atoms with E-state index in [9.17, 15) is 0 Å². The summed E-state index contributed by atoms with van der Waals surface area (Å²) in [6, 6.07) is 5.43. The highest BCUT2D eigenvalue weighted by molar-refractivity contribution is 7.99. The van der Waals surface area contributed by atoms with Crippen molar-refractivity contribution in [3.8, 4) is 0 Å². The molecule has 0 aliphatic heterocycles. The summed E-state index contributed by atoms with van der Waals surface area (Å²) in [5.41, 5.74) is 7.91. The number of fused-ring (bicyclic) bond motifs is 1. The Balaban J connectivity index is 2.02. The van der Waals surface area contributed by atoms with Crippen LogP contribution in [0.1, 0.15) is 12.8 Å². The summed E-state index contributed by atoms with van der Waals surface area (Å²) in [5, 5.41) is 9.31. The Hall–Kier alpha value is -1.20. The lowest BCUT2D eigenvalue weighted by Gasteiger charge is -1.94. The molecule has 1 heterocycles. The second-order valence-electron chi connectivity index (χ2n) is 3.49. The van der Waals surface area contributed by atoms with E-state index in [0.29, 0.717) is 10.9 Å². The SMILES string of the molecule is Nc1ccc2oc(SCCCCO)nc2c1. The molecule has 0 radical (unpaired) electrons. The molecule has 0 aliphatic rings. The Bertz CT molecular complexity index is 470. The minimum Gasteiger partial charge on any atom is -0.431 e. The third-order valence-electron chi connectivity index (χ3n) is 2.17. The van der Waals surface area contributed by atoms with Crippen molar-refractivity contribution < 1.29 is 9.52 Å². The van der Waals surface area contributed by atoms with Gasteiger partial charge in [0.05, 0.1) is 0 Å². The topological polar surface area (TPSA) is 72.3 Å². The molecule has 1 aromatic carbocycles. The average molecular weight is 238 g/mol. The van der Waals surface area contributed by atoms with Gasteiger partial charge in [-0.05, 0) is 31.0 Å². The normalized spacial score (nSPS) is 11.1. The monoisotopic (exact) mass is 238 g/mol. The zero-order valence-corrected chi connectivity index (χ0v) is 9.67. The number of thioether (sulfide) groups is 1. The van der Waals surface area contributed by atoms with Crippen LogP contribution >= 0.6 is 11.8 Å². The quantitative estimate of drug-likeness (QED) is 0.475. The largest absolute Gasteiger partial charge is 0.431 e. The van der Waals surface area contributed by atoms with Crippen molar-refractivity contribution in [2.45, 2.75) is 18.1 Å². The molecule has 16 heavy (non-hydrogen) atoms. The van der Waals surface area contributed by atoms with Crippen LogP contribution in [0.2, 0.25) is 0 Å². The van der Waals surface area contributed by atoms with Crippen LogP contribution in [0.15, 0.2) is 27.8 Å². The summed E-state index contributed by atoms with van der Waals surface area (Å²) in [7, 11) is 0. The summed E-state index contributed by atoms with van der Waals surface area (Å²) in [6.45, 7) is 0.241. The molecule has 1 aromatic heterocycles. The van der Waals surface area contributed by atoms with E-state index in [1.807, 2.05) is 6.07 Å². The second-order valence-corrected chi connectivity index (χ2v) is 4.53. The van der Waals surface area contributed by atoms with Crippen LogP contribution in [0.25, 0.3) is 11.1 Å². The number of nitrogens with two attached hydrogens (primary N) is 1. The molecule has 0 unspecified atom stereocenters. The Morgan fingerprint density at radius 2 is 2.25 bits per heavy atom. The van der Waals surface area contributed by atoms with Gasteiger partial charge in [0.2, 0.25) is 0 Å². The van der Waals surface area contributed by atoms with Crippen molar-refractivity contribution in [1.82, 2.24) is 4.98 Å². The molecule has 0 saturated carbocycles. The van der Waals surface area contributed by atoms with Gasteiger partial charge in [0.25, 0.3) is 5.22 Å². The number of rotatable bonds is 5. The van der Waals surface area contributed by atoms with Crippen molar-refractivity contribution in [3.63, 3.8) is 0 Å². The first-order valence-corrected chi connectivity index (χ1v) is 6.18. The minimum atomic E-state index is 0.241. The van der Waals surface area contributed by atoms with Crippen molar-refractivity contribution >= 4 is 28.5 Å². The van der Waals surface area contributed by atoms with E-state index >= 15 is 0 Å². The van der Waals surface area contributed by atoms with Crippen LogP contribution in [0.3, 0.4) is 0 Å². The van der Waals surface area contributed by atoms with Gasteiger partial charge in [-0.25, -0.2) is 4.98 Å². The fourth-order valence-electron chi connectivity index (χ4n) is 1.36. The molecule has 0 atom stereocenters.